The SMILES string of the molecule is CCOCC(C)NCc1cccc(Cl)c1O. The van der Waals surface area contributed by atoms with E-state index in [0.29, 0.717) is 24.8 Å². The summed E-state index contributed by atoms with van der Waals surface area (Å²) in [6, 6.07) is 5.59. The number of para-hydroxylation sites is 1. The van der Waals surface area contributed by atoms with Crippen LogP contribution < -0.4 is 5.32 Å². The smallest absolute Gasteiger partial charge is 0.138 e. The molecular formula is C12H18ClNO2. The number of ether oxygens (including phenoxy) is 1. The summed E-state index contributed by atoms with van der Waals surface area (Å²) in [5.74, 6) is 0.153. The molecule has 4 heteroatoms. The number of hydrogen-bond acceptors (Lipinski definition) is 3. The maximum atomic E-state index is 9.68. The first kappa shape index (κ1) is 13.3. The second kappa shape index (κ2) is 6.74. The van der Waals surface area contributed by atoms with Gasteiger partial charge in [0.05, 0.1) is 11.6 Å². The fourth-order valence-corrected chi connectivity index (χ4v) is 1.53. The topological polar surface area (TPSA) is 41.5 Å². The number of aromatic hydroxyl groups is 1. The zero-order chi connectivity index (χ0) is 12.0. The van der Waals surface area contributed by atoms with E-state index < -0.39 is 0 Å². The summed E-state index contributed by atoms with van der Waals surface area (Å²) in [6.45, 7) is 5.97. The summed E-state index contributed by atoms with van der Waals surface area (Å²) < 4.78 is 5.29. The Bertz CT molecular complexity index is 331. The van der Waals surface area contributed by atoms with E-state index in [1.807, 2.05) is 26.0 Å². The summed E-state index contributed by atoms with van der Waals surface area (Å²) >= 11 is 5.81. The second-order valence-corrected chi connectivity index (χ2v) is 4.10. The van der Waals surface area contributed by atoms with E-state index in [-0.39, 0.29) is 11.8 Å². The van der Waals surface area contributed by atoms with E-state index in [1.54, 1.807) is 6.07 Å². The molecule has 0 aliphatic carbocycles. The maximum Gasteiger partial charge on any atom is 0.138 e. The highest BCUT2D eigenvalue weighted by molar-refractivity contribution is 6.32. The van der Waals surface area contributed by atoms with Crippen molar-refractivity contribution in [3.8, 4) is 5.75 Å². The lowest BCUT2D eigenvalue weighted by molar-refractivity contribution is 0.127. The molecule has 0 radical (unpaired) electrons. The van der Waals surface area contributed by atoms with E-state index in [9.17, 15) is 5.11 Å². The number of benzene rings is 1. The summed E-state index contributed by atoms with van der Waals surface area (Å²) in [5.41, 5.74) is 0.802. The molecule has 0 aliphatic heterocycles. The predicted octanol–water partition coefficient (Wildman–Crippen LogP) is 2.56. The van der Waals surface area contributed by atoms with E-state index in [0.717, 1.165) is 5.56 Å². The molecule has 0 aromatic heterocycles. The van der Waals surface area contributed by atoms with Crippen molar-refractivity contribution in [3.63, 3.8) is 0 Å². The highest BCUT2D eigenvalue weighted by atomic mass is 35.5. The summed E-state index contributed by atoms with van der Waals surface area (Å²) in [4.78, 5) is 0. The Hall–Kier alpha value is -0.770. The minimum Gasteiger partial charge on any atom is -0.506 e. The third kappa shape index (κ3) is 4.00. The molecule has 0 spiro atoms. The van der Waals surface area contributed by atoms with Gasteiger partial charge in [-0.2, -0.15) is 0 Å². The Balaban J connectivity index is 2.45. The number of halogens is 1. The van der Waals surface area contributed by atoms with Gasteiger partial charge in [0.25, 0.3) is 0 Å². The fourth-order valence-electron chi connectivity index (χ4n) is 1.34. The van der Waals surface area contributed by atoms with Gasteiger partial charge in [0, 0.05) is 24.8 Å². The Labute approximate surface area is 101 Å². The van der Waals surface area contributed by atoms with Crippen LogP contribution in [0.1, 0.15) is 19.4 Å². The van der Waals surface area contributed by atoms with Crippen molar-refractivity contribution in [2.45, 2.75) is 26.4 Å². The first-order chi connectivity index (χ1) is 7.65. The summed E-state index contributed by atoms with van der Waals surface area (Å²) in [7, 11) is 0. The molecule has 0 amide bonds. The molecule has 1 rings (SSSR count). The van der Waals surface area contributed by atoms with E-state index in [1.165, 1.54) is 0 Å². The van der Waals surface area contributed by atoms with Gasteiger partial charge in [-0.1, -0.05) is 23.7 Å². The predicted molar refractivity (Wildman–Crippen MR) is 65.9 cm³/mol. The molecule has 90 valence electrons. The molecule has 16 heavy (non-hydrogen) atoms. The molecule has 1 aromatic carbocycles. The lowest BCUT2D eigenvalue weighted by Crippen LogP contribution is -2.30. The van der Waals surface area contributed by atoms with Gasteiger partial charge in [0.2, 0.25) is 0 Å². The Morgan fingerprint density at radius 1 is 1.50 bits per heavy atom. The van der Waals surface area contributed by atoms with Crippen LogP contribution in [0.2, 0.25) is 5.02 Å². The highest BCUT2D eigenvalue weighted by Crippen LogP contribution is 2.26. The zero-order valence-electron chi connectivity index (χ0n) is 9.66. The largest absolute Gasteiger partial charge is 0.506 e. The van der Waals surface area contributed by atoms with Gasteiger partial charge in [0.1, 0.15) is 5.75 Å². The van der Waals surface area contributed by atoms with Crippen LogP contribution in [0.15, 0.2) is 18.2 Å². The number of phenols is 1. The minimum absolute atomic E-state index is 0.153. The molecular weight excluding hydrogens is 226 g/mol. The Kier molecular flexibility index (Phi) is 5.60. The van der Waals surface area contributed by atoms with Gasteiger partial charge < -0.3 is 15.2 Å². The van der Waals surface area contributed by atoms with Gasteiger partial charge in [-0.25, -0.2) is 0 Å². The lowest BCUT2D eigenvalue weighted by atomic mass is 10.2. The molecule has 0 aliphatic rings. The third-order valence-electron chi connectivity index (χ3n) is 2.28. The summed E-state index contributed by atoms with van der Waals surface area (Å²) in [5, 5.41) is 13.3. The first-order valence-corrected chi connectivity index (χ1v) is 5.80. The van der Waals surface area contributed by atoms with E-state index >= 15 is 0 Å². The van der Waals surface area contributed by atoms with Crippen LogP contribution in [-0.4, -0.2) is 24.4 Å². The number of nitrogens with one attached hydrogen (secondary N) is 1. The molecule has 0 saturated heterocycles. The molecule has 0 bridgehead atoms. The standard InChI is InChI=1S/C12H18ClNO2/c1-3-16-8-9(2)14-7-10-5-4-6-11(13)12(10)15/h4-6,9,14-15H,3,7-8H2,1-2H3. The van der Waals surface area contributed by atoms with Crippen molar-refractivity contribution in [2.75, 3.05) is 13.2 Å². The van der Waals surface area contributed by atoms with Crippen molar-refractivity contribution in [3.05, 3.63) is 28.8 Å². The molecule has 1 atom stereocenters. The molecule has 2 N–H and O–H groups in total. The molecule has 1 aromatic rings. The monoisotopic (exact) mass is 243 g/mol. The molecule has 1 unspecified atom stereocenters. The number of phenolic OH excluding ortho intramolecular Hbond substituents is 1. The maximum absolute atomic E-state index is 9.68. The van der Waals surface area contributed by atoms with Crippen LogP contribution in [-0.2, 0) is 11.3 Å². The van der Waals surface area contributed by atoms with Crippen LogP contribution in [0.5, 0.6) is 5.75 Å². The van der Waals surface area contributed by atoms with Crippen molar-refractivity contribution < 1.29 is 9.84 Å². The minimum atomic E-state index is 0.153. The highest BCUT2D eigenvalue weighted by Gasteiger charge is 2.06. The second-order valence-electron chi connectivity index (χ2n) is 3.69. The fraction of sp³-hybridized carbons (Fsp3) is 0.500. The van der Waals surface area contributed by atoms with E-state index in [2.05, 4.69) is 5.32 Å². The molecule has 0 saturated carbocycles. The average Bonchev–Trinajstić information content (AvgIpc) is 2.28. The average molecular weight is 244 g/mol. The van der Waals surface area contributed by atoms with Gasteiger partial charge in [-0.3, -0.25) is 0 Å². The Morgan fingerprint density at radius 3 is 2.94 bits per heavy atom. The van der Waals surface area contributed by atoms with E-state index in [4.69, 9.17) is 16.3 Å². The van der Waals surface area contributed by atoms with Crippen molar-refractivity contribution in [1.82, 2.24) is 5.32 Å². The van der Waals surface area contributed by atoms with Crippen LogP contribution in [0.25, 0.3) is 0 Å². The molecule has 0 fully saturated rings. The van der Waals surface area contributed by atoms with Gasteiger partial charge in [-0.05, 0) is 19.9 Å². The van der Waals surface area contributed by atoms with Crippen LogP contribution in [0.4, 0.5) is 0 Å². The quantitative estimate of drug-likeness (QED) is 0.807. The molecule has 0 heterocycles. The Morgan fingerprint density at radius 2 is 2.25 bits per heavy atom. The lowest BCUT2D eigenvalue weighted by Gasteiger charge is -2.14. The van der Waals surface area contributed by atoms with Crippen molar-refractivity contribution in [2.24, 2.45) is 0 Å². The van der Waals surface area contributed by atoms with Crippen LogP contribution >= 0.6 is 11.6 Å². The van der Waals surface area contributed by atoms with Gasteiger partial charge in [0.15, 0.2) is 0 Å². The van der Waals surface area contributed by atoms with Crippen molar-refractivity contribution in [1.29, 1.82) is 0 Å². The zero-order valence-corrected chi connectivity index (χ0v) is 10.4. The number of rotatable bonds is 6. The first-order valence-electron chi connectivity index (χ1n) is 5.42. The van der Waals surface area contributed by atoms with Crippen molar-refractivity contribution >= 4 is 11.6 Å². The molecule has 3 nitrogen and oxygen atoms in total. The number of hydrogen-bond donors (Lipinski definition) is 2. The van der Waals surface area contributed by atoms with Crippen LogP contribution in [0.3, 0.4) is 0 Å². The summed E-state index contributed by atoms with van der Waals surface area (Å²) in [6.07, 6.45) is 0. The van der Waals surface area contributed by atoms with Gasteiger partial charge >= 0.3 is 0 Å². The van der Waals surface area contributed by atoms with Crippen LogP contribution in [0, 0.1) is 0 Å². The normalized spacial score (nSPS) is 12.7. The third-order valence-corrected chi connectivity index (χ3v) is 2.59. The van der Waals surface area contributed by atoms with Gasteiger partial charge in [-0.15, -0.1) is 0 Å².